The van der Waals surface area contributed by atoms with E-state index in [1.165, 1.54) is 0 Å². The van der Waals surface area contributed by atoms with Crippen molar-refractivity contribution in [2.45, 2.75) is 19.8 Å². The van der Waals surface area contributed by atoms with Crippen molar-refractivity contribution in [3.63, 3.8) is 0 Å². The molecule has 0 saturated heterocycles. The van der Waals surface area contributed by atoms with Gasteiger partial charge in [0.25, 0.3) is 5.91 Å². The molecule has 5 nitrogen and oxygen atoms in total. The molecule has 0 fully saturated rings. The second-order valence-electron chi connectivity index (χ2n) is 5.74. The van der Waals surface area contributed by atoms with Gasteiger partial charge in [-0.25, -0.2) is 5.48 Å². The van der Waals surface area contributed by atoms with Gasteiger partial charge in [0.15, 0.2) is 0 Å². The van der Waals surface area contributed by atoms with Gasteiger partial charge < -0.3 is 5.73 Å². The average Bonchev–Trinajstić information content (AvgIpc) is 2.55. The Kier molecular flexibility index (Phi) is 5.13. The van der Waals surface area contributed by atoms with Crippen LogP contribution in [0.4, 0.5) is 0 Å². The maximum absolute atomic E-state index is 11.7. The summed E-state index contributed by atoms with van der Waals surface area (Å²) in [5, 5.41) is 8.68. The van der Waals surface area contributed by atoms with E-state index in [9.17, 15) is 9.59 Å². The third-order valence-electron chi connectivity index (χ3n) is 3.86. The van der Waals surface area contributed by atoms with Crippen LogP contribution in [-0.4, -0.2) is 17.0 Å². The van der Waals surface area contributed by atoms with Gasteiger partial charge in [-0.3, -0.25) is 14.8 Å². The summed E-state index contributed by atoms with van der Waals surface area (Å²) >= 11 is 0. The lowest BCUT2D eigenvalue weighted by atomic mass is 9.80. The van der Waals surface area contributed by atoms with Gasteiger partial charge in [-0.2, -0.15) is 0 Å². The van der Waals surface area contributed by atoms with Gasteiger partial charge in [-0.05, 0) is 35.2 Å². The van der Waals surface area contributed by atoms with Crippen molar-refractivity contribution >= 4 is 11.8 Å². The molecule has 1 unspecified atom stereocenters. The molecule has 23 heavy (non-hydrogen) atoms. The average molecular weight is 312 g/mol. The van der Waals surface area contributed by atoms with E-state index in [-0.39, 0.29) is 11.8 Å². The molecule has 0 heterocycles. The lowest BCUT2D eigenvalue weighted by molar-refractivity contribution is 0.0706. The molecule has 4 N–H and O–H groups in total. The number of hydroxylamine groups is 1. The highest BCUT2D eigenvalue weighted by Crippen LogP contribution is 2.34. The maximum Gasteiger partial charge on any atom is 0.274 e. The van der Waals surface area contributed by atoms with Crippen molar-refractivity contribution in [3.8, 4) is 0 Å². The first-order valence-electron chi connectivity index (χ1n) is 7.38. The predicted molar refractivity (Wildman–Crippen MR) is 87.3 cm³/mol. The van der Waals surface area contributed by atoms with E-state index >= 15 is 0 Å². The molecule has 2 aromatic carbocycles. The Morgan fingerprint density at radius 2 is 1.65 bits per heavy atom. The molecule has 0 spiro atoms. The van der Waals surface area contributed by atoms with Crippen molar-refractivity contribution in [2.24, 2.45) is 11.7 Å². The van der Waals surface area contributed by atoms with E-state index in [1.54, 1.807) is 29.7 Å². The fraction of sp³-hybridized carbons (Fsp3) is 0.222. The lowest BCUT2D eigenvalue weighted by Crippen LogP contribution is -2.19. The molecule has 5 heteroatoms. The normalized spacial score (nSPS) is 12.0. The number of nitrogens with one attached hydrogen (secondary N) is 1. The summed E-state index contributed by atoms with van der Waals surface area (Å²) in [4.78, 5) is 23.1. The number of rotatable bonds is 5. The third kappa shape index (κ3) is 3.57. The highest BCUT2D eigenvalue weighted by Gasteiger charge is 2.22. The van der Waals surface area contributed by atoms with Crippen LogP contribution in [0.15, 0.2) is 48.5 Å². The first-order chi connectivity index (χ1) is 11.0. The maximum atomic E-state index is 11.7. The van der Waals surface area contributed by atoms with E-state index < -0.39 is 11.8 Å². The van der Waals surface area contributed by atoms with Crippen LogP contribution in [0.3, 0.4) is 0 Å². The third-order valence-corrected chi connectivity index (χ3v) is 3.86. The summed E-state index contributed by atoms with van der Waals surface area (Å²) in [5.41, 5.74) is 9.81. The molecule has 0 aliphatic carbocycles. The van der Waals surface area contributed by atoms with Crippen LogP contribution in [0.25, 0.3) is 0 Å². The van der Waals surface area contributed by atoms with Crippen LogP contribution in [-0.2, 0) is 0 Å². The molecule has 0 radical (unpaired) electrons. The molecular weight excluding hydrogens is 292 g/mol. The van der Waals surface area contributed by atoms with Crippen molar-refractivity contribution < 1.29 is 14.8 Å². The molecular formula is C18H20N2O3. The summed E-state index contributed by atoms with van der Waals surface area (Å²) in [7, 11) is 0. The largest absolute Gasteiger partial charge is 0.366 e. The van der Waals surface area contributed by atoms with Crippen LogP contribution in [0, 0.1) is 5.92 Å². The molecule has 2 aromatic rings. The highest BCUT2D eigenvalue weighted by molar-refractivity contribution is 5.95. The molecule has 0 aromatic heterocycles. The van der Waals surface area contributed by atoms with Gasteiger partial charge in [0.05, 0.1) is 0 Å². The Labute approximate surface area is 135 Å². The van der Waals surface area contributed by atoms with Gasteiger partial charge in [0.2, 0.25) is 5.91 Å². The van der Waals surface area contributed by atoms with Gasteiger partial charge in [-0.15, -0.1) is 0 Å². The zero-order chi connectivity index (χ0) is 17.0. The fourth-order valence-corrected chi connectivity index (χ4v) is 2.82. The van der Waals surface area contributed by atoms with E-state index in [0.717, 1.165) is 11.1 Å². The van der Waals surface area contributed by atoms with Gasteiger partial charge in [-0.1, -0.05) is 44.2 Å². The van der Waals surface area contributed by atoms with Crippen molar-refractivity contribution in [3.05, 3.63) is 70.8 Å². The second-order valence-corrected chi connectivity index (χ2v) is 5.74. The van der Waals surface area contributed by atoms with Gasteiger partial charge in [0.1, 0.15) is 0 Å². The second kappa shape index (κ2) is 7.07. The minimum Gasteiger partial charge on any atom is -0.366 e. The first kappa shape index (κ1) is 16.7. The number of nitrogens with two attached hydrogens (primary N) is 1. The summed E-state index contributed by atoms with van der Waals surface area (Å²) < 4.78 is 0. The molecule has 2 rings (SSSR count). The Hall–Kier alpha value is -2.66. The number of carbonyl (C=O) groups excluding carboxylic acids is 2. The number of hydrogen-bond acceptors (Lipinski definition) is 3. The number of primary amides is 1. The van der Waals surface area contributed by atoms with Crippen molar-refractivity contribution in [1.29, 1.82) is 0 Å². The van der Waals surface area contributed by atoms with Crippen molar-refractivity contribution in [1.82, 2.24) is 5.48 Å². The monoisotopic (exact) mass is 312 g/mol. The van der Waals surface area contributed by atoms with Crippen LogP contribution < -0.4 is 11.2 Å². The molecule has 0 aliphatic rings. The van der Waals surface area contributed by atoms with Gasteiger partial charge >= 0.3 is 0 Å². The summed E-state index contributed by atoms with van der Waals surface area (Å²) in [5.74, 6) is -0.810. The lowest BCUT2D eigenvalue weighted by Gasteiger charge is -2.24. The Morgan fingerprint density at radius 1 is 1.04 bits per heavy atom. The van der Waals surface area contributed by atoms with E-state index in [2.05, 4.69) is 13.8 Å². The molecule has 2 amide bonds. The molecule has 0 aliphatic heterocycles. The smallest absolute Gasteiger partial charge is 0.274 e. The Balaban J connectivity index is 2.48. The number of amides is 2. The Bertz CT molecular complexity index is 708. The van der Waals surface area contributed by atoms with Crippen LogP contribution in [0.5, 0.6) is 0 Å². The quantitative estimate of drug-likeness (QED) is 0.585. The SMILES string of the molecule is CC(C)C(c1ccc(C(=O)NO)cc1)c1ccccc1C(N)=O. The zero-order valence-electron chi connectivity index (χ0n) is 13.1. The van der Waals surface area contributed by atoms with E-state index in [1.807, 2.05) is 24.3 Å². The van der Waals surface area contributed by atoms with Gasteiger partial charge in [0, 0.05) is 17.0 Å². The minimum absolute atomic E-state index is 0.0232. The molecule has 0 saturated carbocycles. The first-order valence-corrected chi connectivity index (χ1v) is 7.38. The zero-order valence-corrected chi connectivity index (χ0v) is 13.1. The van der Waals surface area contributed by atoms with Crippen LogP contribution in [0.2, 0.25) is 0 Å². The molecule has 120 valence electrons. The van der Waals surface area contributed by atoms with Crippen molar-refractivity contribution in [2.75, 3.05) is 0 Å². The highest BCUT2D eigenvalue weighted by atomic mass is 16.5. The Morgan fingerprint density at radius 3 is 2.17 bits per heavy atom. The summed E-state index contributed by atoms with van der Waals surface area (Å²) in [6, 6.07) is 14.2. The standard InChI is InChI=1S/C18H20N2O3/c1-11(2)16(14-5-3-4-6-15(14)17(19)21)12-7-9-13(10-8-12)18(22)20-23/h3-11,16,23H,1-2H3,(H2,19,21)(H,20,22). The predicted octanol–water partition coefficient (Wildman–Crippen LogP) is 2.69. The molecule has 0 bridgehead atoms. The summed E-state index contributed by atoms with van der Waals surface area (Å²) in [6.45, 7) is 4.13. The minimum atomic E-state index is -0.560. The number of carbonyl (C=O) groups is 2. The number of hydrogen-bond donors (Lipinski definition) is 3. The van der Waals surface area contributed by atoms with Crippen LogP contribution >= 0.6 is 0 Å². The van der Waals surface area contributed by atoms with E-state index in [4.69, 9.17) is 10.9 Å². The van der Waals surface area contributed by atoms with E-state index in [0.29, 0.717) is 11.1 Å². The van der Waals surface area contributed by atoms with Crippen LogP contribution in [0.1, 0.15) is 51.6 Å². The summed E-state index contributed by atoms with van der Waals surface area (Å²) in [6.07, 6.45) is 0. The molecule has 1 atom stereocenters. The fourth-order valence-electron chi connectivity index (χ4n) is 2.82. The topological polar surface area (TPSA) is 92.4 Å². The number of benzene rings is 2.